The van der Waals surface area contributed by atoms with E-state index in [1.165, 1.54) is 0 Å². The minimum Gasteiger partial charge on any atom is -0.352 e. The minimum absolute atomic E-state index is 0.423. The van der Waals surface area contributed by atoms with Crippen molar-refractivity contribution in [2.24, 2.45) is 5.73 Å². The lowest BCUT2D eigenvalue weighted by Crippen LogP contribution is -2.28. The molecule has 3 rings (SSSR count). The van der Waals surface area contributed by atoms with E-state index in [1.807, 2.05) is 60.7 Å². The van der Waals surface area contributed by atoms with Crippen LogP contribution in [-0.2, 0) is 6.54 Å². The molecule has 120 valence electrons. The second kappa shape index (κ2) is 7.33. The Hall–Kier alpha value is -3.27. The molecule has 0 aliphatic carbocycles. The van der Waals surface area contributed by atoms with Crippen molar-refractivity contribution in [1.29, 1.82) is 0 Å². The third-order valence-electron chi connectivity index (χ3n) is 3.69. The second-order valence-corrected chi connectivity index (χ2v) is 5.39. The van der Waals surface area contributed by atoms with Crippen LogP contribution >= 0.6 is 0 Å². The van der Waals surface area contributed by atoms with Gasteiger partial charge in [0.25, 0.3) is 0 Å². The van der Waals surface area contributed by atoms with Crippen molar-refractivity contribution in [3.63, 3.8) is 0 Å². The fourth-order valence-electron chi connectivity index (χ4n) is 2.55. The Balaban J connectivity index is 1.93. The van der Waals surface area contributed by atoms with Gasteiger partial charge in [0.15, 0.2) is 0 Å². The van der Waals surface area contributed by atoms with Gasteiger partial charge in [-0.1, -0.05) is 48.5 Å². The van der Waals surface area contributed by atoms with Crippen molar-refractivity contribution in [3.8, 4) is 0 Å². The summed E-state index contributed by atoms with van der Waals surface area (Å²) < 4.78 is 0. The number of urea groups is 1. The van der Waals surface area contributed by atoms with Crippen molar-refractivity contribution in [1.82, 2.24) is 5.32 Å². The highest BCUT2D eigenvalue weighted by Crippen LogP contribution is 2.33. The van der Waals surface area contributed by atoms with Crippen LogP contribution in [0.3, 0.4) is 0 Å². The Labute approximate surface area is 141 Å². The van der Waals surface area contributed by atoms with Gasteiger partial charge in [-0.05, 0) is 42.0 Å². The average molecular weight is 317 g/mol. The van der Waals surface area contributed by atoms with E-state index in [9.17, 15) is 4.79 Å². The van der Waals surface area contributed by atoms with Gasteiger partial charge in [0, 0.05) is 23.6 Å². The van der Waals surface area contributed by atoms with E-state index < -0.39 is 6.03 Å². The van der Waals surface area contributed by atoms with Crippen LogP contribution in [0.4, 0.5) is 21.9 Å². The van der Waals surface area contributed by atoms with Gasteiger partial charge in [0.2, 0.25) is 0 Å². The number of hydrogen-bond acceptors (Lipinski definition) is 2. The molecule has 0 aliphatic heterocycles. The smallest absolute Gasteiger partial charge is 0.312 e. The third kappa shape index (κ3) is 3.73. The third-order valence-corrected chi connectivity index (χ3v) is 3.69. The van der Waals surface area contributed by atoms with Gasteiger partial charge in [-0.3, -0.25) is 0 Å². The van der Waals surface area contributed by atoms with E-state index in [0.717, 1.165) is 22.6 Å². The van der Waals surface area contributed by atoms with E-state index in [2.05, 4.69) is 34.5 Å². The van der Waals surface area contributed by atoms with Gasteiger partial charge >= 0.3 is 6.03 Å². The maximum absolute atomic E-state index is 10.8. The van der Waals surface area contributed by atoms with E-state index in [0.29, 0.717) is 6.54 Å². The molecule has 0 saturated heterocycles. The fraction of sp³-hybridized carbons (Fsp3) is 0.0500. The second-order valence-electron chi connectivity index (χ2n) is 5.39. The molecule has 0 heterocycles. The molecule has 24 heavy (non-hydrogen) atoms. The van der Waals surface area contributed by atoms with Crippen LogP contribution in [0, 0.1) is 0 Å². The summed E-state index contributed by atoms with van der Waals surface area (Å²) in [5.74, 6) is 0. The number of nitrogens with one attached hydrogen (secondary N) is 1. The summed E-state index contributed by atoms with van der Waals surface area (Å²) in [5.41, 5.74) is 9.34. The zero-order valence-electron chi connectivity index (χ0n) is 13.2. The first kappa shape index (κ1) is 15.6. The highest BCUT2D eigenvalue weighted by Gasteiger charge is 2.11. The Morgan fingerprint density at radius 3 is 1.67 bits per heavy atom. The van der Waals surface area contributed by atoms with Crippen molar-refractivity contribution in [2.45, 2.75) is 6.54 Å². The van der Waals surface area contributed by atoms with Crippen molar-refractivity contribution in [2.75, 3.05) is 4.90 Å². The predicted octanol–water partition coefficient (Wildman–Crippen LogP) is 4.32. The normalized spacial score (nSPS) is 10.2. The molecule has 0 aromatic heterocycles. The number of hydrogen-bond donors (Lipinski definition) is 2. The zero-order valence-corrected chi connectivity index (χ0v) is 13.2. The number of carbonyl (C=O) groups is 1. The van der Waals surface area contributed by atoms with E-state index >= 15 is 0 Å². The van der Waals surface area contributed by atoms with Gasteiger partial charge in [0.05, 0.1) is 0 Å². The largest absolute Gasteiger partial charge is 0.352 e. The molecule has 4 heteroatoms. The quantitative estimate of drug-likeness (QED) is 0.736. The number of anilines is 3. The summed E-state index contributed by atoms with van der Waals surface area (Å²) in [6.45, 7) is 0.423. The first-order valence-corrected chi connectivity index (χ1v) is 7.76. The lowest BCUT2D eigenvalue weighted by atomic mass is 10.1. The van der Waals surface area contributed by atoms with Crippen LogP contribution in [0.15, 0.2) is 84.9 Å². The molecule has 3 aromatic carbocycles. The van der Waals surface area contributed by atoms with Crippen molar-refractivity contribution >= 4 is 23.1 Å². The molecule has 0 saturated carbocycles. The maximum Gasteiger partial charge on any atom is 0.312 e. The predicted molar refractivity (Wildman–Crippen MR) is 97.5 cm³/mol. The van der Waals surface area contributed by atoms with E-state index in [-0.39, 0.29) is 0 Å². The first-order valence-electron chi connectivity index (χ1n) is 7.76. The lowest BCUT2D eigenvalue weighted by Gasteiger charge is -2.25. The molecule has 0 spiro atoms. The number of nitrogens with two attached hydrogens (primary N) is 1. The molecular formula is C20H19N3O. The maximum atomic E-state index is 10.8. The van der Waals surface area contributed by atoms with Crippen LogP contribution in [0.5, 0.6) is 0 Å². The van der Waals surface area contributed by atoms with E-state index in [1.54, 1.807) is 0 Å². The summed E-state index contributed by atoms with van der Waals surface area (Å²) >= 11 is 0. The molecule has 2 amide bonds. The van der Waals surface area contributed by atoms with Crippen molar-refractivity contribution < 1.29 is 4.79 Å². The summed E-state index contributed by atoms with van der Waals surface area (Å²) in [6, 6.07) is 28.0. The summed E-state index contributed by atoms with van der Waals surface area (Å²) in [7, 11) is 0. The number of para-hydroxylation sites is 2. The van der Waals surface area contributed by atoms with Gasteiger partial charge < -0.3 is 16.0 Å². The number of benzene rings is 3. The zero-order chi connectivity index (χ0) is 16.8. The Morgan fingerprint density at radius 2 is 1.21 bits per heavy atom. The molecule has 3 N–H and O–H groups in total. The summed E-state index contributed by atoms with van der Waals surface area (Å²) in [4.78, 5) is 13.0. The lowest BCUT2D eigenvalue weighted by molar-refractivity contribution is 0.248. The van der Waals surface area contributed by atoms with Crippen LogP contribution < -0.4 is 16.0 Å². The SMILES string of the molecule is NC(=O)NCc1ccc(N(c2ccccc2)c2ccccc2)cc1. The highest BCUT2D eigenvalue weighted by atomic mass is 16.2. The fourth-order valence-corrected chi connectivity index (χ4v) is 2.55. The van der Waals surface area contributed by atoms with Gasteiger partial charge in [-0.25, -0.2) is 4.79 Å². The molecule has 0 bridgehead atoms. The Kier molecular flexibility index (Phi) is 4.77. The van der Waals surface area contributed by atoms with Gasteiger partial charge in [0.1, 0.15) is 0 Å². The van der Waals surface area contributed by atoms with Gasteiger partial charge in [-0.15, -0.1) is 0 Å². The summed E-state index contributed by atoms with van der Waals surface area (Å²) in [5, 5.41) is 2.60. The Morgan fingerprint density at radius 1 is 0.750 bits per heavy atom. The minimum atomic E-state index is -0.519. The van der Waals surface area contributed by atoms with Gasteiger partial charge in [-0.2, -0.15) is 0 Å². The van der Waals surface area contributed by atoms with Crippen LogP contribution in [0.1, 0.15) is 5.56 Å². The number of nitrogens with zero attached hydrogens (tertiary/aromatic N) is 1. The number of carbonyl (C=O) groups excluding carboxylic acids is 1. The average Bonchev–Trinajstić information content (AvgIpc) is 2.63. The molecule has 0 radical (unpaired) electrons. The van der Waals surface area contributed by atoms with Crippen LogP contribution in [0.25, 0.3) is 0 Å². The topological polar surface area (TPSA) is 58.4 Å². The monoisotopic (exact) mass is 317 g/mol. The molecule has 4 nitrogen and oxygen atoms in total. The highest BCUT2D eigenvalue weighted by molar-refractivity contribution is 5.76. The molecule has 0 atom stereocenters. The molecule has 0 fully saturated rings. The first-order chi connectivity index (χ1) is 11.7. The Bertz CT molecular complexity index is 747. The van der Waals surface area contributed by atoms with Crippen molar-refractivity contribution in [3.05, 3.63) is 90.5 Å². The number of rotatable bonds is 5. The molecule has 3 aromatic rings. The molecule has 0 unspecified atom stereocenters. The van der Waals surface area contributed by atoms with Crippen LogP contribution in [-0.4, -0.2) is 6.03 Å². The molecular weight excluding hydrogens is 298 g/mol. The number of amides is 2. The number of primary amides is 1. The summed E-state index contributed by atoms with van der Waals surface area (Å²) in [6.07, 6.45) is 0. The van der Waals surface area contributed by atoms with Crippen LogP contribution in [0.2, 0.25) is 0 Å². The molecule has 0 aliphatic rings. The van der Waals surface area contributed by atoms with E-state index in [4.69, 9.17) is 5.73 Å². The standard InChI is InChI=1S/C20H19N3O/c21-20(24)22-15-16-11-13-19(14-12-16)23(17-7-3-1-4-8-17)18-9-5-2-6-10-18/h1-14H,15H2,(H3,21,22,24).